The molecule has 0 bridgehead atoms. The Morgan fingerprint density at radius 3 is 2.52 bits per heavy atom. The molecule has 0 saturated carbocycles. The van der Waals surface area contributed by atoms with Crippen LogP contribution in [0.1, 0.15) is 12.7 Å². The van der Waals surface area contributed by atoms with Crippen molar-refractivity contribution in [3.63, 3.8) is 0 Å². The Morgan fingerprint density at radius 1 is 1.12 bits per heavy atom. The quantitative estimate of drug-likeness (QED) is 0.713. The average molecular weight is 355 g/mol. The van der Waals surface area contributed by atoms with Gasteiger partial charge in [-0.05, 0) is 43.3 Å². The number of rotatable bonds is 5. The zero-order valence-electron chi connectivity index (χ0n) is 13.0. The number of halogens is 4. The molecule has 132 valence electrons. The van der Waals surface area contributed by atoms with E-state index in [0.717, 1.165) is 0 Å². The number of hydrogen-bond donors (Lipinski definition) is 1. The Hall–Kier alpha value is -2.91. The first-order valence-corrected chi connectivity index (χ1v) is 7.27. The SMILES string of the molecule is CC(COc1ccc(F)cc1)Nc1ccc2nnc(C(F)(F)F)n2n1. The van der Waals surface area contributed by atoms with E-state index >= 15 is 0 Å². The predicted octanol–water partition coefficient (Wildman–Crippen LogP) is 3.16. The number of aromatic nitrogens is 4. The number of nitrogens with one attached hydrogen (secondary N) is 1. The van der Waals surface area contributed by atoms with E-state index in [1.165, 1.54) is 36.4 Å². The summed E-state index contributed by atoms with van der Waals surface area (Å²) in [6.45, 7) is 1.98. The van der Waals surface area contributed by atoms with E-state index in [1.54, 1.807) is 6.92 Å². The van der Waals surface area contributed by atoms with Crippen molar-refractivity contribution in [2.75, 3.05) is 11.9 Å². The van der Waals surface area contributed by atoms with Gasteiger partial charge in [0.1, 0.15) is 24.0 Å². The molecule has 1 atom stereocenters. The van der Waals surface area contributed by atoms with E-state index in [4.69, 9.17) is 4.74 Å². The van der Waals surface area contributed by atoms with Gasteiger partial charge in [-0.25, -0.2) is 4.39 Å². The van der Waals surface area contributed by atoms with Crippen LogP contribution in [0.25, 0.3) is 5.65 Å². The maximum absolute atomic E-state index is 12.9. The summed E-state index contributed by atoms with van der Waals surface area (Å²) >= 11 is 0. The molecular formula is C15H13F4N5O. The molecule has 3 rings (SSSR count). The highest BCUT2D eigenvalue weighted by Crippen LogP contribution is 2.27. The molecule has 0 saturated heterocycles. The number of fused-ring (bicyclic) bond motifs is 1. The average Bonchev–Trinajstić information content (AvgIpc) is 2.98. The highest BCUT2D eigenvalue weighted by molar-refractivity contribution is 5.44. The second-order valence-electron chi connectivity index (χ2n) is 5.32. The van der Waals surface area contributed by atoms with Crippen molar-refractivity contribution in [3.8, 4) is 5.75 Å². The summed E-state index contributed by atoms with van der Waals surface area (Å²) < 4.78 is 57.5. The van der Waals surface area contributed by atoms with E-state index in [0.29, 0.717) is 10.3 Å². The second kappa shape index (κ2) is 6.54. The first-order valence-electron chi connectivity index (χ1n) is 7.27. The summed E-state index contributed by atoms with van der Waals surface area (Å²) in [5.41, 5.74) is -0.00640. The van der Waals surface area contributed by atoms with Crippen LogP contribution < -0.4 is 10.1 Å². The number of ether oxygens (including phenoxy) is 1. The van der Waals surface area contributed by atoms with Crippen molar-refractivity contribution >= 4 is 11.5 Å². The topological polar surface area (TPSA) is 64.3 Å². The molecule has 0 aliphatic heterocycles. The van der Waals surface area contributed by atoms with Crippen LogP contribution in [-0.4, -0.2) is 32.5 Å². The third-order valence-corrected chi connectivity index (χ3v) is 3.22. The third-order valence-electron chi connectivity index (χ3n) is 3.22. The summed E-state index contributed by atoms with van der Waals surface area (Å²) in [6.07, 6.45) is -4.65. The largest absolute Gasteiger partial charge is 0.491 e. The molecule has 2 heterocycles. The summed E-state index contributed by atoms with van der Waals surface area (Å²) in [4.78, 5) is 0. The van der Waals surface area contributed by atoms with E-state index in [-0.39, 0.29) is 29.9 Å². The number of alkyl halides is 3. The predicted molar refractivity (Wildman–Crippen MR) is 80.8 cm³/mol. The van der Waals surface area contributed by atoms with Gasteiger partial charge in [-0.2, -0.15) is 17.7 Å². The van der Waals surface area contributed by atoms with Crippen LogP contribution in [0.15, 0.2) is 36.4 Å². The van der Waals surface area contributed by atoms with Crippen LogP contribution in [0.4, 0.5) is 23.4 Å². The van der Waals surface area contributed by atoms with Gasteiger partial charge in [0.25, 0.3) is 5.82 Å². The lowest BCUT2D eigenvalue weighted by Crippen LogP contribution is -2.24. The molecule has 3 aromatic rings. The van der Waals surface area contributed by atoms with Gasteiger partial charge in [0.15, 0.2) is 5.65 Å². The van der Waals surface area contributed by atoms with Crippen LogP contribution in [-0.2, 0) is 6.18 Å². The number of benzene rings is 1. The van der Waals surface area contributed by atoms with Gasteiger partial charge in [-0.15, -0.1) is 15.3 Å². The lowest BCUT2D eigenvalue weighted by molar-refractivity contribution is -0.146. The van der Waals surface area contributed by atoms with Gasteiger partial charge in [0, 0.05) is 0 Å². The Morgan fingerprint density at radius 2 is 1.84 bits per heavy atom. The van der Waals surface area contributed by atoms with E-state index in [9.17, 15) is 17.6 Å². The first kappa shape index (κ1) is 16.9. The van der Waals surface area contributed by atoms with Crippen LogP contribution in [0, 0.1) is 5.82 Å². The normalized spacial score (nSPS) is 13.0. The van der Waals surface area contributed by atoms with Crippen LogP contribution in [0.5, 0.6) is 5.75 Å². The van der Waals surface area contributed by atoms with Gasteiger partial charge >= 0.3 is 6.18 Å². The molecule has 0 aliphatic carbocycles. The minimum Gasteiger partial charge on any atom is -0.491 e. The van der Waals surface area contributed by atoms with E-state index in [2.05, 4.69) is 20.6 Å². The molecule has 25 heavy (non-hydrogen) atoms. The van der Waals surface area contributed by atoms with Gasteiger partial charge in [-0.1, -0.05) is 0 Å². The van der Waals surface area contributed by atoms with Crippen LogP contribution >= 0.6 is 0 Å². The van der Waals surface area contributed by atoms with Crippen molar-refractivity contribution in [1.82, 2.24) is 19.8 Å². The highest BCUT2D eigenvalue weighted by atomic mass is 19.4. The molecular weight excluding hydrogens is 342 g/mol. The monoisotopic (exact) mass is 355 g/mol. The van der Waals surface area contributed by atoms with Gasteiger partial charge in [-0.3, -0.25) is 0 Å². The van der Waals surface area contributed by atoms with Crippen molar-refractivity contribution in [2.24, 2.45) is 0 Å². The van der Waals surface area contributed by atoms with Crippen molar-refractivity contribution in [3.05, 3.63) is 48.0 Å². The summed E-state index contributed by atoms with van der Waals surface area (Å²) in [5.74, 6) is -0.864. The van der Waals surface area contributed by atoms with Crippen molar-refractivity contribution in [2.45, 2.75) is 19.1 Å². The van der Waals surface area contributed by atoms with Gasteiger partial charge in [0.2, 0.25) is 0 Å². The molecule has 0 spiro atoms. The Balaban J connectivity index is 1.68. The zero-order valence-corrected chi connectivity index (χ0v) is 13.0. The minimum absolute atomic E-state index is 0.00640. The Bertz CT molecular complexity index is 862. The van der Waals surface area contributed by atoms with Crippen molar-refractivity contribution in [1.29, 1.82) is 0 Å². The molecule has 10 heteroatoms. The fourth-order valence-electron chi connectivity index (χ4n) is 2.09. The minimum atomic E-state index is -4.65. The molecule has 0 fully saturated rings. The molecule has 1 aromatic carbocycles. The summed E-state index contributed by atoms with van der Waals surface area (Å²) in [7, 11) is 0. The van der Waals surface area contributed by atoms with Gasteiger partial charge in [0.05, 0.1) is 6.04 Å². The Labute approximate surface area is 139 Å². The van der Waals surface area contributed by atoms with Crippen molar-refractivity contribution < 1.29 is 22.3 Å². The number of nitrogens with zero attached hydrogens (tertiary/aromatic N) is 4. The maximum atomic E-state index is 12.9. The second-order valence-corrected chi connectivity index (χ2v) is 5.32. The molecule has 2 aromatic heterocycles. The number of hydrogen-bond acceptors (Lipinski definition) is 5. The molecule has 6 nitrogen and oxygen atoms in total. The van der Waals surface area contributed by atoms with Crippen LogP contribution in [0.2, 0.25) is 0 Å². The third kappa shape index (κ3) is 3.95. The lowest BCUT2D eigenvalue weighted by atomic mass is 10.3. The number of anilines is 1. The van der Waals surface area contributed by atoms with E-state index < -0.39 is 12.0 Å². The first-order chi connectivity index (χ1) is 11.8. The smallest absolute Gasteiger partial charge is 0.453 e. The fraction of sp³-hybridized carbons (Fsp3) is 0.267. The van der Waals surface area contributed by atoms with Gasteiger partial charge < -0.3 is 10.1 Å². The van der Waals surface area contributed by atoms with E-state index in [1.807, 2.05) is 0 Å². The summed E-state index contributed by atoms with van der Waals surface area (Å²) in [5, 5.41) is 13.3. The fourth-order valence-corrected chi connectivity index (χ4v) is 2.09. The molecule has 1 N–H and O–H groups in total. The zero-order chi connectivity index (χ0) is 18.0. The maximum Gasteiger partial charge on any atom is 0.453 e. The standard InChI is InChI=1S/C15H13F4N5O/c1-9(8-25-11-4-2-10(16)3-5-11)20-12-6-7-13-21-22-14(15(17,18)19)24(13)23-12/h2-7,9H,8H2,1H3,(H,20,23). The molecule has 0 aliphatic rings. The molecule has 0 radical (unpaired) electrons. The lowest BCUT2D eigenvalue weighted by Gasteiger charge is -2.15. The highest BCUT2D eigenvalue weighted by Gasteiger charge is 2.37. The Kier molecular flexibility index (Phi) is 4.43. The molecule has 1 unspecified atom stereocenters. The molecule has 0 amide bonds. The summed E-state index contributed by atoms with van der Waals surface area (Å²) in [6, 6.07) is 8.13. The van der Waals surface area contributed by atoms with Crippen LogP contribution in [0.3, 0.4) is 0 Å².